The monoisotopic (exact) mass is 269 g/mol. The number of nitrogens with one attached hydrogen (secondary N) is 1. The zero-order valence-electron chi connectivity index (χ0n) is 11.2. The second kappa shape index (κ2) is 7.00. The van der Waals surface area contributed by atoms with Gasteiger partial charge in [-0.25, -0.2) is 9.78 Å². The number of alkyl carbamates (subject to hydrolysis) is 1. The van der Waals surface area contributed by atoms with E-state index in [2.05, 4.69) is 22.1 Å². The molecule has 0 fully saturated rings. The van der Waals surface area contributed by atoms with Gasteiger partial charge in [0.05, 0.1) is 19.1 Å². The van der Waals surface area contributed by atoms with E-state index in [0.717, 1.165) is 11.3 Å². The van der Waals surface area contributed by atoms with Gasteiger partial charge in [0.25, 0.3) is 0 Å². The maximum Gasteiger partial charge on any atom is 0.408 e. The van der Waals surface area contributed by atoms with Crippen molar-refractivity contribution in [3.63, 3.8) is 0 Å². The summed E-state index contributed by atoms with van der Waals surface area (Å²) in [7, 11) is 1.86. The lowest BCUT2D eigenvalue weighted by molar-refractivity contribution is 0.141. The predicted octanol–water partition coefficient (Wildman–Crippen LogP) is 1.70. The van der Waals surface area contributed by atoms with Crippen molar-refractivity contribution < 1.29 is 9.53 Å². The number of imidazole rings is 1. The molecule has 1 amide bonds. The van der Waals surface area contributed by atoms with Gasteiger partial charge in [-0.2, -0.15) is 0 Å². The van der Waals surface area contributed by atoms with Crippen LogP contribution in [-0.2, 0) is 18.4 Å². The quantitative estimate of drug-likeness (QED) is 0.863. The van der Waals surface area contributed by atoms with E-state index >= 15 is 0 Å². The summed E-state index contributed by atoms with van der Waals surface area (Å²) in [6.45, 7) is 0.487. The molecule has 1 aromatic carbocycles. The van der Waals surface area contributed by atoms with Gasteiger partial charge in [0.15, 0.2) is 0 Å². The number of aryl methyl sites for hydroxylation is 1. The first-order valence-electron chi connectivity index (χ1n) is 6.15. The number of amides is 1. The Morgan fingerprint density at radius 2 is 2.20 bits per heavy atom. The van der Waals surface area contributed by atoms with E-state index in [1.54, 1.807) is 17.1 Å². The van der Waals surface area contributed by atoms with E-state index in [0.29, 0.717) is 0 Å². The van der Waals surface area contributed by atoms with Gasteiger partial charge in [-0.15, -0.1) is 0 Å². The van der Waals surface area contributed by atoms with Crippen molar-refractivity contribution in [3.05, 3.63) is 54.1 Å². The summed E-state index contributed by atoms with van der Waals surface area (Å²) >= 11 is 0. The molecule has 0 bridgehead atoms. The van der Waals surface area contributed by atoms with Gasteiger partial charge in [0.2, 0.25) is 0 Å². The molecule has 0 saturated carbocycles. The summed E-state index contributed by atoms with van der Waals surface area (Å²) in [5, 5.41) is 2.57. The number of carbonyl (C=O) groups is 1. The standard InChI is InChI=1S/C15H15N3O2/c1-18-12-16-10-14(18)8-5-9-17-15(19)20-11-13-6-3-2-4-7-13/h2-4,6-7,10,12H,9,11H2,1H3,(H,17,19). The molecule has 102 valence electrons. The molecule has 0 radical (unpaired) electrons. The zero-order valence-corrected chi connectivity index (χ0v) is 11.2. The summed E-state index contributed by atoms with van der Waals surface area (Å²) in [6, 6.07) is 9.51. The molecule has 0 spiro atoms. The van der Waals surface area contributed by atoms with Crippen molar-refractivity contribution in [1.29, 1.82) is 0 Å². The maximum atomic E-state index is 11.4. The second-order valence-corrected chi connectivity index (χ2v) is 4.11. The van der Waals surface area contributed by atoms with E-state index in [4.69, 9.17) is 4.74 Å². The molecular weight excluding hydrogens is 254 g/mol. The molecule has 2 aromatic rings. The van der Waals surface area contributed by atoms with Crippen molar-refractivity contribution in [2.75, 3.05) is 6.54 Å². The molecule has 5 heteroatoms. The molecule has 1 aromatic heterocycles. The van der Waals surface area contributed by atoms with Gasteiger partial charge in [0, 0.05) is 7.05 Å². The Morgan fingerprint density at radius 3 is 2.90 bits per heavy atom. The molecule has 1 heterocycles. The van der Waals surface area contributed by atoms with Gasteiger partial charge in [-0.3, -0.25) is 0 Å². The van der Waals surface area contributed by atoms with Crippen molar-refractivity contribution in [3.8, 4) is 11.8 Å². The number of nitrogens with zero attached hydrogens (tertiary/aromatic N) is 2. The first-order valence-corrected chi connectivity index (χ1v) is 6.15. The normalized spacial score (nSPS) is 9.45. The Kier molecular flexibility index (Phi) is 4.79. The maximum absolute atomic E-state index is 11.4. The Hall–Kier alpha value is -2.74. The van der Waals surface area contributed by atoms with E-state index in [1.807, 2.05) is 37.4 Å². The van der Waals surface area contributed by atoms with E-state index < -0.39 is 6.09 Å². The van der Waals surface area contributed by atoms with E-state index in [9.17, 15) is 4.79 Å². The third kappa shape index (κ3) is 4.18. The van der Waals surface area contributed by atoms with Gasteiger partial charge >= 0.3 is 6.09 Å². The van der Waals surface area contributed by atoms with Crippen LogP contribution in [0.3, 0.4) is 0 Å². The highest BCUT2D eigenvalue weighted by molar-refractivity contribution is 5.67. The minimum atomic E-state index is -0.479. The third-order valence-electron chi connectivity index (χ3n) is 2.57. The van der Waals surface area contributed by atoms with Crippen LogP contribution in [0.4, 0.5) is 4.79 Å². The third-order valence-corrected chi connectivity index (χ3v) is 2.57. The van der Waals surface area contributed by atoms with Gasteiger partial charge in [-0.1, -0.05) is 36.3 Å². The zero-order chi connectivity index (χ0) is 14.2. The Morgan fingerprint density at radius 1 is 1.40 bits per heavy atom. The van der Waals surface area contributed by atoms with Gasteiger partial charge in [0.1, 0.15) is 12.3 Å². The number of ether oxygens (including phenoxy) is 1. The van der Waals surface area contributed by atoms with Crippen LogP contribution in [0.25, 0.3) is 0 Å². The van der Waals surface area contributed by atoms with Gasteiger partial charge in [-0.05, 0) is 11.5 Å². The predicted molar refractivity (Wildman–Crippen MR) is 74.7 cm³/mol. The number of hydrogen-bond acceptors (Lipinski definition) is 3. The minimum Gasteiger partial charge on any atom is -0.445 e. The average Bonchev–Trinajstić information content (AvgIpc) is 2.88. The molecular formula is C15H15N3O2. The van der Waals surface area contributed by atoms with Crippen molar-refractivity contribution in [1.82, 2.24) is 14.9 Å². The lowest BCUT2D eigenvalue weighted by atomic mass is 10.2. The fraction of sp³-hybridized carbons (Fsp3) is 0.200. The van der Waals surface area contributed by atoms with Crippen LogP contribution >= 0.6 is 0 Å². The Labute approximate surface area is 117 Å². The summed E-state index contributed by atoms with van der Waals surface area (Å²) in [5.74, 6) is 5.74. The summed E-state index contributed by atoms with van der Waals surface area (Å²) < 4.78 is 6.86. The number of hydrogen-bond donors (Lipinski definition) is 1. The molecule has 0 aliphatic heterocycles. The topological polar surface area (TPSA) is 56.2 Å². The molecule has 1 N–H and O–H groups in total. The highest BCUT2D eigenvalue weighted by Gasteiger charge is 2.00. The second-order valence-electron chi connectivity index (χ2n) is 4.11. The number of aromatic nitrogens is 2. The number of benzene rings is 1. The van der Waals surface area contributed by atoms with Crippen LogP contribution < -0.4 is 5.32 Å². The largest absolute Gasteiger partial charge is 0.445 e. The number of carbonyl (C=O) groups excluding carboxylic acids is 1. The lowest BCUT2D eigenvalue weighted by Gasteiger charge is -2.04. The molecule has 0 unspecified atom stereocenters. The van der Waals surface area contributed by atoms with Crippen molar-refractivity contribution >= 4 is 6.09 Å². The fourth-order valence-corrected chi connectivity index (χ4v) is 1.50. The lowest BCUT2D eigenvalue weighted by Crippen LogP contribution is -2.24. The molecule has 0 atom stereocenters. The van der Waals surface area contributed by atoms with Crippen LogP contribution in [0.2, 0.25) is 0 Å². The summed E-state index contributed by atoms with van der Waals surface area (Å²) in [5.41, 5.74) is 1.74. The van der Waals surface area contributed by atoms with Crippen molar-refractivity contribution in [2.24, 2.45) is 7.05 Å². The fourth-order valence-electron chi connectivity index (χ4n) is 1.50. The highest BCUT2D eigenvalue weighted by atomic mass is 16.5. The first kappa shape index (κ1) is 13.7. The van der Waals surface area contributed by atoms with E-state index in [1.165, 1.54) is 0 Å². The molecule has 5 nitrogen and oxygen atoms in total. The van der Waals surface area contributed by atoms with Crippen molar-refractivity contribution in [2.45, 2.75) is 6.61 Å². The average molecular weight is 269 g/mol. The molecule has 0 aliphatic rings. The minimum absolute atomic E-state index is 0.235. The molecule has 0 saturated heterocycles. The summed E-state index contributed by atoms with van der Waals surface area (Å²) in [6.07, 6.45) is 2.86. The Balaban J connectivity index is 1.71. The first-order chi connectivity index (χ1) is 9.75. The molecule has 2 rings (SSSR count). The summed E-state index contributed by atoms with van der Waals surface area (Å²) in [4.78, 5) is 15.4. The molecule has 20 heavy (non-hydrogen) atoms. The van der Waals surface area contributed by atoms with Crippen LogP contribution in [-0.4, -0.2) is 22.2 Å². The van der Waals surface area contributed by atoms with Crippen LogP contribution in [0.5, 0.6) is 0 Å². The van der Waals surface area contributed by atoms with Crippen LogP contribution in [0, 0.1) is 11.8 Å². The van der Waals surface area contributed by atoms with Crippen LogP contribution in [0.1, 0.15) is 11.3 Å². The molecule has 0 aliphatic carbocycles. The highest BCUT2D eigenvalue weighted by Crippen LogP contribution is 2.00. The van der Waals surface area contributed by atoms with Gasteiger partial charge < -0.3 is 14.6 Å². The SMILES string of the molecule is Cn1cncc1C#CCNC(=O)OCc1ccccc1. The van der Waals surface area contributed by atoms with Crippen LogP contribution in [0.15, 0.2) is 42.9 Å². The Bertz CT molecular complexity index is 623. The number of rotatable bonds is 3. The smallest absolute Gasteiger partial charge is 0.408 e. The van der Waals surface area contributed by atoms with E-state index in [-0.39, 0.29) is 13.2 Å².